The average Bonchev–Trinajstić information content (AvgIpc) is 3.63. The van der Waals surface area contributed by atoms with Crippen LogP contribution in [0.5, 0.6) is 0 Å². The molecule has 5 rings (SSSR count). The van der Waals surface area contributed by atoms with Crippen LogP contribution in [-0.2, 0) is 21.2 Å². The van der Waals surface area contributed by atoms with Crippen molar-refractivity contribution in [3.8, 4) is 11.1 Å². The Morgan fingerprint density at radius 2 is 1.84 bits per heavy atom. The number of carbonyl (C=O) groups excluding carboxylic acids is 1. The molecule has 2 saturated carbocycles. The zero-order valence-corrected chi connectivity index (χ0v) is 21.0. The number of hydrogen-bond donors (Lipinski definition) is 1. The number of rotatable bonds is 7. The molecule has 1 N–H and O–H groups in total. The van der Waals surface area contributed by atoms with Gasteiger partial charge in [0.1, 0.15) is 11.6 Å². The maximum Gasteiger partial charge on any atom is 0.309 e. The first kappa shape index (κ1) is 25.7. The second-order valence-electron chi connectivity index (χ2n) is 10.6. The highest BCUT2D eigenvalue weighted by Gasteiger charge is 2.61. The van der Waals surface area contributed by atoms with Crippen LogP contribution < -0.4 is 4.72 Å². The maximum atomic E-state index is 15.7. The van der Waals surface area contributed by atoms with Crippen molar-refractivity contribution in [1.82, 2.24) is 9.62 Å². The predicted molar refractivity (Wildman–Crippen MR) is 132 cm³/mol. The van der Waals surface area contributed by atoms with Crippen molar-refractivity contribution in [3.63, 3.8) is 0 Å². The molecule has 0 radical (unpaired) electrons. The molecule has 0 bridgehead atoms. The summed E-state index contributed by atoms with van der Waals surface area (Å²) in [5.74, 6) is -1.58. The first-order chi connectivity index (χ1) is 17.6. The van der Waals surface area contributed by atoms with Gasteiger partial charge in [0.05, 0.1) is 0 Å². The summed E-state index contributed by atoms with van der Waals surface area (Å²) in [6.07, 6.45) is 3.01. The SMILES string of the molecule is [C-]#[N+]C1(C(=O)N2CC3(CC3)[C@H](NS(=O)(=O)CF)C[C@@H]2Cc2cc(F)cc(-c3ccccc3)c2F)CCC1. The molecular formula is C27H28F3N3O3S. The van der Waals surface area contributed by atoms with Gasteiger partial charge in [0.15, 0.2) is 0 Å². The Labute approximate surface area is 214 Å². The van der Waals surface area contributed by atoms with Crippen LogP contribution in [0.15, 0.2) is 42.5 Å². The first-order valence-electron chi connectivity index (χ1n) is 12.4. The van der Waals surface area contributed by atoms with E-state index >= 15 is 4.39 Å². The number of hydrogen-bond acceptors (Lipinski definition) is 3. The number of benzene rings is 2. The molecule has 196 valence electrons. The summed E-state index contributed by atoms with van der Waals surface area (Å²) in [5, 5.41) is 0. The Balaban J connectivity index is 1.51. The van der Waals surface area contributed by atoms with Crippen LogP contribution in [-0.4, -0.2) is 49.4 Å². The van der Waals surface area contributed by atoms with E-state index in [4.69, 9.17) is 6.57 Å². The van der Waals surface area contributed by atoms with E-state index in [1.807, 2.05) is 0 Å². The van der Waals surface area contributed by atoms with Gasteiger partial charge in [0.25, 0.3) is 0 Å². The van der Waals surface area contributed by atoms with Gasteiger partial charge in [-0.15, -0.1) is 0 Å². The van der Waals surface area contributed by atoms with Crippen LogP contribution in [0.25, 0.3) is 16.0 Å². The van der Waals surface area contributed by atoms with Crippen LogP contribution in [0.3, 0.4) is 0 Å². The van der Waals surface area contributed by atoms with Crippen molar-refractivity contribution < 1.29 is 26.4 Å². The average molecular weight is 532 g/mol. The normalized spacial score (nSPS) is 23.8. The lowest BCUT2D eigenvalue weighted by Gasteiger charge is -2.47. The first-order valence-corrected chi connectivity index (χ1v) is 14.1. The molecule has 37 heavy (non-hydrogen) atoms. The molecule has 3 fully saturated rings. The van der Waals surface area contributed by atoms with E-state index in [1.165, 1.54) is 0 Å². The second-order valence-corrected chi connectivity index (χ2v) is 12.3. The molecule has 3 aliphatic rings. The Hall–Kier alpha value is -2.90. The summed E-state index contributed by atoms with van der Waals surface area (Å²) in [7, 11) is -4.17. The lowest BCUT2D eigenvalue weighted by atomic mass is 9.74. The summed E-state index contributed by atoms with van der Waals surface area (Å²) < 4.78 is 70.2. The van der Waals surface area contributed by atoms with Gasteiger partial charge in [-0.05, 0) is 55.4 Å². The van der Waals surface area contributed by atoms with E-state index in [-0.39, 0.29) is 36.4 Å². The molecule has 0 unspecified atom stereocenters. The van der Waals surface area contributed by atoms with Gasteiger partial charge in [0.2, 0.25) is 16.0 Å². The molecule has 1 heterocycles. The number of nitrogens with zero attached hydrogens (tertiary/aromatic N) is 2. The number of alkyl halides is 1. The van der Waals surface area contributed by atoms with E-state index in [0.29, 0.717) is 31.2 Å². The van der Waals surface area contributed by atoms with E-state index in [9.17, 15) is 22.0 Å². The van der Waals surface area contributed by atoms with Gasteiger partial charge in [-0.1, -0.05) is 30.3 Å². The number of carbonyl (C=O) groups is 1. The minimum Gasteiger partial charge on any atom is -0.332 e. The molecule has 1 aliphatic heterocycles. The fraction of sp³-hybridized carbons (Fsp3) is 0.481. The molecule has 10 heteroatoms. The lowest BCUT2D eigenvalue weighted by molar-refractivity contribution is -0.144. The van der Waals surface area contributed by atoms with E-state index in [0.717, 1.165) is 18.6 Å². The van der Waals surface area contributed by atoms with Crippen molar-refractivity contribution in [3.05, 3.63) is 71.1 Å². The summed E-state index contributed by atoms with van der Waals surface area (Å²) in [6, 6.07) is 7.89. The summed E-state index contributed by atoms with van der Waals surface area (Å²) in [4.78, 5) is 18.9. The van der Waals surface area contributed by atoms with Crippen molar-refractivity contribution in [1.29, 1.82) is 0 Å². The van der Waals surface area contributed by atoms with Crippen LogP contribution >= 0.6 is 0 Å². The van der Waals surface area contributed by atoms with Crippen molar-refractivity contribution in [2.24, 2.45) is 5.41 Å². The molecule has 1 saturated heterocycles. The zero-order valence-electron chi connectivity index (χ0n) is 20.2. The van der Waals surface area contributed by atoms with Crippen LogP contribution in [0.1, 0.15) is 44.1 Å². The molecule has 2 aromatic carbocycles. The van der Waals surface area contributed by atoms with E-state index in [2.05, 4.69) is 9.57 Å². The standard InChI is InChI=1S/C27H28F3N3O3S/c1-31-27(8-5-9-27)25(34)33-16-26(10-11-26)23(32-37(35,36)17-28)15-21(33)13-19-12-20(29)14-22(24(19)30)18-6-3-2-4-7-18/h2-4,6-7,12,14,21,23,32H,5,8-11,13,15-17H2/t21-,23+/m0/s1. The maximum absolute atomic E-state index is 15.7. The van der Waals surface area contributed by atoms with Gasteiger partial charge in [0, 0.05) is 42.4 Å². The number of amides is 1. The Bertz CT molecular complexity index is 1350. The highest BCUT2D eigenvalue weighted by Crippen LogP contribution is 2.54. The third-order valence-electron chi connectivity index (χ3n) is 8.24. The summed E-state index contributed by atoms with van der Waals surface area (Å²) in [6.45, 7) is 7.85. The Morgan fingerprint density at radius 1 is 1.14 bits per heavy atom. The predicted octanol–water partition coefficient (Wildman–Crippen LogP) is 4.61. The number of nitrogens with one attached hydrogen (secondary N) is 1. The van der Waals surface area contributed by atoms with Crippen LogP contribution in [0.4, 0.5) is 13.2 Å². The molecule has 6 nitrogen and oxygen atoms in total. The number of halogens is 3. The third-order valence-corrected chi connectivity index (χ3v) is 9.17. The van der Waals surface area contributed by atoms with Crippen molar-refractivity contribution >= 4 is 15.9 Å². The Kier molecular flexibility index (Phi) is 6.57. The minimum absolute atomic E-state index is 0.0611. The van der Waals surface area contributed by atoms with E-state index in [1.54, 1.807) is 35.2 Å². The number of sulfonamides is 1. The molecule has 0 aromatic heterocycles. The quantitative estimate of drug-likeness (QED) is 0.531. The molecule has 2 aromatic rings. The molecule has 1 amide bonds. The molecular weight excluding hydrogens is 503 g/mol. The number of piperidine rings is 1. The summed E-state index contributed by atoms with van der Waals surface area (Å²) >= 11 is 0. The van der Waals surface area contributed by atoms with Crippen molar-refractivity contribution in [2.75, 3.05) is 12.6 Å². The van der Waals surface area contributed by atoms with Crippen LogP contribution in [0.2, 0.25) is 0 Å². The molecule has 1 spiro atoms. The summed E-state index contributed by atoms with van der Waals surface area (Å²) in [5.41, 5.74) is -1.05. The third kappa shape index (κ3) is 4.75. The molecule has 2 atom stereocenters. The second kappa shape index (κ2) is 9.44. The van der Waals surface area contributed by atoms with Gasteiger partial charge in [-0.2, -0.15) is 0 Å². The minimum atomic E-state index is -4.17. The fourth-order valence-electron chi connectivity index (χ4n) is 5.78. The van der Waals surface area contributed by atoms with Crippen LogP contribution in [0, 0.1) is 23.6 Å². The topological polar surface area (TPSA) is 70.8 Å². The number of likely N-dealkylation sites (tertiary alicyclic amines) is 1. The van der Waals surface area contributed by atoms with Gasteiger partial charge in [-0.3, -0.25) is 9.64 Å². The smallest absolute Gasteiger partial charge is 0.309 e. The lowest BCUT2D eigenvalue weighted by Crippen LogP contribution is -2.63. The van der Waals surface area contributed by atoms with Gasteiger partial charge < -0.3 is 4.90 Å². The largest absolute Gasteiger partial charge is 0.332 e. The van der Waals surface area contributed by atoms with Gasteiger partial charge >= 0.3 is 11.4 Å². The van der Waals surface area contributed by atoms with E-state index < -0.39 is 50.7 Å². The monoisotopic (exact) mass is 531 g/mol. The van der Waals surface area contributed by atoms with Crippen molar-refractivity contribution in [2.45, 2.75) is 62.6 Å². The molecule has 2 aliphatic carbocycles. The fourth-order valence-corrected chi connectivity index (χ4v) is 6.62. The highest BCUT2D eigenvalue weighted by atomic mass is 32.2. The van der Waals surface area contributed by atoms with Gasteiger partial charge in [-0.25, -0.2) is 32.9 Å². The zero-order chi connectivity index (χ0) is 26.4. The highest BCUT2D eigenvalue weighted by molar-refractivity contribution is 7.89. The Morgan fingerprint density at radius 3 is 2.41 bits per heavy atom.